The van der Waals surface area contributed by atoms with Gasteiger partial charge in [-0.05, 0) is 12.8 Å². The molecule has 22 heavy (non-hydrogen) atoms. The molecule has 0 aromatic heterocycles. The smallest absolute Gasteiger partial charge is 0.332 e. The molecule has 0 aliphatic rings. The van der Waals surface area contributed by atoms with Gasteiger partial charge < -0.3 is 10.2 Å². The number of carboxylic acid groups (broad SMARTS) is 1. The van der Waals surface area contributed by atoms with E-state index in [0.717, 1.165) is 12.8 Å². The fourth-order valence-electron chi connectivity index (χ4n) is 2.55. The summed E-state index contributed by atoms with van der Waals surface area (Å²) in [7, 11) is 0. The van der Waals surface area contributed by atoms with E-state index in [1.54, 1.807) is 6.08 Å². The molecule has 0 saturated heterocycles. The average molecular weight is 312 g/mol. The topological polar surface area (TPSA) is 57.5 Å². The third-order valence-electron chi connectivity index (χ3n) is 4.04. The van der Waals surface area contributed by atoms with Crippen LogP contribution in [0.3, 0.4) is 0 Å². The Bertz CT molecular complexity index is 274. The van der Waals surface area contributed by atoms with Gasteiger partial charge in [-0.15, -0.1) is 0 Å². The first kappa shape index (κ1) is 21.2. The fourth-order valence-corrected chi connectivity index (χ4v) is 2.55. The summed E-state index contributed by atoms with van der Waals surface area (Å²) in [5.41, 5.74) is 0. The maximum Gasteiger partial charge on any atom is 0.332 e. The van der Waals surface area contributed by atoms with Crippen LogP contribution in [0, 0.1) is 0 Å². The molecule has 0 radical (unpaired) electrons. The molecule has 0 fully saturated rings. The zero-order valence-electron chi connectivity index (χ0n) is 14.4. The summed E-state index contributed by atoms with van der Waals surface area (Å²) in [6, 6.07) is 0. The first-order chi connectivity index (χ1) is 10.7. The van der Waals surface area contributed by atoms with E-state index in [-0.39, 0.29) is 6.42 Å². The number of unbranched alkanes of at least 4 members (excludes halogenated alkanes) is 12. The lowest BCUT2D eigenvalue weighted by molar-refractivity contribution is -0.146. The molecule has 0 aromatic carbocycles. The van der Waals surface area contributed by atoms with Crippen molar-refractivity contribution in [2.45, 2.75) is 103 Å². The number of carboxylic acids is 1. The van der Waals surface area contributed by atoms with Crippen molar-refractivity contribution in [3.05, 3.63) is 12.2 Å². The second-order valence-corrected chi connectivity index (χ2v) is 6.24. The van der Waals surface area contributed by atoms with Gasteiger partial charge in [0.05, 0.1) is 0 Å². The van der Waals surface area contributed by atoms with Crippen LogP contribution in [0.1, 0.15) is 96.8 Å². The second kappa shape index (κ2) is 16.5. The summed E-state index contributed by atoms with van der Waals surface area (Å²) in [6.07, 6.45) is 19.9. The Morgan fingerprint density at radius 2 is 1.27 bits per heavy atom. The number of hydrogen-bond donors (Lipinski definition) is 2. The summed E-state index contributed by atoms with van der Waals surface area (Å²) in [4.78, 5) is 10.4. The minimum Gasteiger partial charge on any atom is -0.479 e. The molecule has 3 heteroatoms. The first-order valence-corrected chi connectivity index (χ1v) is 9.24. The SMILES string of the molecule is CCCCCCCCCCCCCCC=CCC(O)C(=O)O. The van der Waals surface area contributed by atoms with Gasteiger partial charge in [-0.2, -0.15) is 0 Å². The summed E-state index contributed by atoms with van der Waals surface area (Å²) in [5.74, 6) is -1.14. The number of aliphatic hydroxyl groups excluding tert-OH is 1. The molecule has 0 rings (SSSR count). The summed E-state index contributed by atoms with van der Waals surface area (Å²) in [5, 5.41) is 17.6. The van der Waals surface area contributed by atoms with E-state index < -0.39 is 12.1 Å². The molecule has 2 N–H and O–H groups in total. The molecule has 0 aliphatic heterocycles. The fraction of sp³-hybridized carbons (Fsp3) is 0.842. The van der Waals surface area contributed by atoms with Crippen molar-refractivity contribution in [2.75, 3.05) is 0 Å². The number of carbonyl (C=O) groups is 1. The molecule has 0 heterocycles. The van der Waals surface area contributed by atoms with E-state index in [1.165, 1.54) is 70.6 Å². The highest BCUT2D eigenvalue weighted by Gasteiger charge is 2.09. The van der Waals surface area contributed by atoms with Gasteiger partial charge in [0, 0.05) is 6.42 Å². The number of aliphatic hydroxyl groups is 1. The van der Waals surface area contributed by atoms with Crippen molar-refractivity contribution in [3.8, 4) is 0 Å². The third kappa shape index (κ3) is 15.6. The van der Waals surface area contributed by atoms with Crippen molar-refractivity contribution in [1.29, 1.82) is 0 Å². The Hall–Kier alpha value is -0.830. The first-order valence-electron chi connectivity index (χ1n) is 9.24. The normalized spacial score (nSPS) is 12.8. The van der Waals surface area contributed by atoms with Crippen LogP contribution in [0.15, 0.2) is 12.2 Å². The van der Waals surface area contributed by atoms with Crippen LogP contribution in [0.5, 0.6) is 0 Å². The van der Waals surface area contributed by atoms with Crippen molar-refractivity contribution in [2.24, 2.45) is 0 Å². The Morgan fingerprint density at radius 1 is 0.818 bits per heavy atom. The standard InChI is InChI=1S/C19H36O3/c1-2-3-4-5-6-7-8-9-10-11-12-13-14-15-16-17-18(20)19(21)22/h15-16,18,20H,2-14,17H2,1H3,(H,21,22). The lowest BCUT2D eigenvalue weighted by atomic mass is 10.0. The second-order valence-electron chi connectivity index (χ2n) is 6.24. The zero-order chi connectivity index (χ0) is 16.5. The van der Waals surface area contributed by atoms with Gasteiger partial charge >= 0.3 is 5.97 Å². The Labute approximate surface area is 136 Å². The van der Waals surface area contributed by atoms with Crippen LogP contribution in [0.2, 0.25) is 0 Å². The highest BCUT2D eigenvalue weighted by atomic mass is 16.4. The van der Waals surface area contributed by atoms with Gasteiger partial charge in [-0.25, -0.2) is 4.79 Å². The van der Waals surface area contributed by atoms with E-state index in [2.05, 4.69) is 6.92 Å². The van der Waals surface area contributed by atoms with E-state index in [4.69, 9.17) is 10.2 Å². The molecular weight excluding hydrogens is 276 g/mol. The third-order valence-corrected chi connectivity index (χ3v) is 4.04. The maximum absolute atomic E-state index is 10.4. The quantitative estimate of drug-likeness (QED) is 0.293. The molecule has 1 atom stereocenters. The monoisotopic (exact) mass is 312 g/mol. The highest BCUT2D eigenvalue weighted by molar-refractivity contribution is 5.72. The van der Waals surface area contributed by atoms with Gasteiger partial charge in [0.15, 0.2) is 6.10 Å². The van der Waals surface area contributed by atoms with E-state index in [9.17, 15) is 4.79 Å². The lowest BCUT2D eigenvalue weighted by Gasteiger charge is -2.02. The number of allylic oxidation sites excluding steroid dienone is 1. The van der Waals surface area contributed by atoms with Crippen molar-refractivity contribution in [3.63, 3.8) is 0 Å². The summed E-state index contributed by atoms with van der Waals surface area (Å²) in [6.45, 7) is 2.26. The van der Waals surface area contributed by atoms with Crippen molar-refractivity contribution in [1.82, 2.24) is 0 Å². The minimum atomic E-state index is -1.25. The van der Waals surface area contributed by atoms with Crippen LogP contribution in [-0.4, -0.2) is 22.3 Å². The Kier molecular flexibility index (Phi) is 15.9. The van der Waals surface area contributed by atoms with Gasteiger partial charge in [0.2, 0.25) is 0 Å². The van der Waals surface area contributed by atoms with Crippen LogP contribution in [0.4, 0.5) is 0 Å². The van der Waals surface area contributed by atoms with Gasteiger partial charge in [-0.3, -0.25) is 0 Å². The molecular formula is C19H36O3. The zero-order valence-corrected chi connectivity index (χ0v) is 14.4. The summed E-state index contributed by atoms with van der Waals surface area (Å²) >= 11 is 0. The largest absolute Gasteiger partial charge is 0.479 e. The molecule has 0 aromatic rings. The maximum atomic E-state index is 10.4. The van der Waals surface area contributed by atoms with E-state index in [1.807, 2.05) is 6.08 Å². The van der Waals surface area contributed by atoms with Crippen LogP contribution in [0.25, 0.3) is 0 Å². The van der Waals surface area contributed by atoms with Gasteiger partial charge in [-0.1, -0.05) is 89.7 Å². The predicted molar refractivity (Wildman–Crippen MR) is 93.1 cm³/mol. The van der Waals surface area contributed by atoms with Crippen LogP contribution in [-0.2, 0) is 4.79 Å². The Balaban J connectivity index is 3.14. The average Bonchev–Trinajstić information content (AvgIpc) is 2.50. The molecule has 0 aliphatic carbocycles. The molecule has 130 valence electrons. The molecule has 0 spiro atoms. The number of aliphatic carboxylic acids is 1. The minimum absolute atomic E-state index is 0.216. The van der Waals surface area contributed by atoms with E-state index >= 15 is 0 Å². The lowest BCUT2D eigenvalue weighted by Crippen LogP contribution is -2.17. The van der Waals surface area contributed by atoms with Crippen LogP contribution < -0.4 is 0 Å². The van der Waals surface area contributed by atoms with Crippen LogP contribution >= 0.6 is 0 Å². The predicted octanol–water partition coefficient (Wildman–Crippen LogP) is 5.47. The van der Waals surface area contributed by atoms with Gasteiger partial charge in [0.1, 0.15) is 0 Å². The van der Waals surface area contributed by atoms with Crippen molar-refractivity contribution >= 4 is 5.97 Å². The molecule has 0 saturated carbocycles. The highest BCUT2D eigenvalue weighted by Crippen LogP contribution is 2.12. The molecule has 0 bridgehead atoms. The summed E-state index contributed by atoms with van der Waals surface area (Å²) < 4.78 is 0. The number of hydrogen-bond acceptors (Lipinski definition) is 2. The Morgan fingerprint density at radius 3 is 1.73 bits per heavy atom. The molecule has 3 nitrogen and oxygen atoms in total. The molecule has 0 amide bonds. The van der Waals surface area contributed by atoms with E-state index in [0.29, 0.717) is 0 Å². The number of rotatable bonds is 16. The van der Waals surface area contributed by atoms with Crippen molar-refractivity contribution < 1.29 is 15.0 Å². The van der Waals surface area contributed by atoms with Gasteiger partial charge in [0.25, 0.3) is 0 Å². The molecule has 1 unspecified atom stereocenters.